The van der Waals surface area contributed by atoms with Crippen molar-refractivity contribution in [2.24, 2.45) is 23.2 Å². The minimum Gasteiger partial charge on any atom is -0.0808 e. The third kappa shape index (κ3) is 3.50. The molecule has 0 amide bonds. The SMILES string of the molecule is CC.CC1C=CC(C(C)(C)C(C)C)=CC1C. The average Bonchev–Trinajstić information content (AvgIpc) is 2.24. The van der Waals surface area contributed by atoms with Crippen LogP contribution in [0.1, 0.15) is 55.4 Å². The van der Waals surface area contributed by atoms with Crippen LogP contribution in [0.5, 0.6) is 0 Å². The molecule has 16 heavy (non-hydrogen) atoms. The first-order chi connectivity index (χ1) is 7.35. The Morgan fingerprint density at radius 1 is 1.06 bits per heavy atom. The van der Waals surface area contributed by atoms with Crippen molar-refractivity contribution in [3.63, 3.8) is 0 Å². The normalized spacial score (nSPS) is 24.9. The van der Waals surface area contributed by atoms with Crippen LogP contribution >= 0.6 is 0 Å². The Kier molecular flexibility index (Phi) is 6.07. The first-order valence-electron chi connectivity index (χ1n) is 6.76. The molecule has 0 saturated heterocycles. The first kappa shape index (κ1) is 15.5. The van der Waals surface area contributed by atoms with E-state index in [4.69, 9.17) is 0 Å². The maximum Gasteiger partial charge on any atom is -0.00837 e. The molecule has 0 nitrogen and oxygen atoms in total. The summed E-state index contributed by atoms with van der Waals surface area (Å²) in [6.07, 6.45) is 7.12. The number of allylic oxidation sites excluding steroid dienone is 4. The largest absolute Gasteiger partial charge is 0.0808 e. The predicted octanol–water partition coefficient (Wildman–Crippen LogP) is 5.46. The molecule has 0 aromatic rings. The summed E-state index contributed by atoms with van der Waals surface area (Å²) in [4.78, 5) is 0. The van der Waals surface area contributed by atoms with Crippen LogP contribution in [0, 0.1) is 23.2 Å². The van der Waals surface area contributed by atoms with Crippen LogP contribution in [0.25, 0.3) is 0 Å². The Morgan fingerprint density at radius 2 is 1.56 bits per heavy atom. The van der Waals surface area contributed by atoms with Crippen molar-refractivity contribution < 1.29 is 0 Å². The fraction of sp³-hybridized carbons (Fsp3) is 0.750. The minimum absolute atomic E-state index is 0.310. The second-order valence-corrected chi connectivity index (χ2v) is 5.58. The summed E-state index contributed by atoms with van der Waals surface area (Å²) < 4.78 is 0. The molecule has 0 heterocycles. The van der Waals surface area contributed by atoms with Crippen LogP contribution < -0.4 is 0 Å². The van der Waals surface area contributed by atoms with E-state index in [2.05, 4.69) is 59.8 Å². The van der Waals surface area contributed by atoms with Gasteiger partial charge in [0, 0.05) is 0 Å². The molecule has 94 valence electrons. The molecule has 0 radical (unpaired) electrons. The highest BCUT2D eigenvalue weighted by molar-refractivity contribution is 5.30. The van der Waals surface area contributed by atoms with Gasteiger partial charge < -0.3 is 0 Å². The Bertz CT molecular complexity index is 253. The predicted molar refractivity (Wildman–Crippen MR) is 75.5 cm³/mol. The number of hydrogen-bond donors (Lipinski definition) is 0. The minimum atomic E-state index is 0.310. The van der Waals surface area contributed by atoms with Crippen LogP contribution in [-0.2, 0) is 0 Å². The van der Waals surface area contributed by atoms with Gasteiger partial charge in [-0.2, -0.15) is 0 Å². The standard InChI is InChI=1S/C14H24.C2H6/c1-10(2)14(5,6)13-8-7-11(3)12(4)9-13;1-2/h7-12H,1-6H3;1-2H3. The van der Waals surface area contributed by atoms with E-state index in [1.165, 1.54) is 5.57 Å². The van der Waals surface area contributed by atoms with Crippen molar-refractivity contribution in [3.05, 3.63) is 23.8 Å². The molecule has 1 aliphatic rings. The third-order valence-corrected chi connectivity index (χ3v) is 4.04. The molecule has 0 saturated carbocycles. The molecule has 0 spiro atoms. The quantitative estimate of drug-likeness (QED) is 0.581. The van der Waals surface area contributed by atoms with Crippen molar-refractivity contribution in [1.82, 2.24) is 0 Å². The zero-order valence-corrected chi connectivity index (χ0v) is 12.5. The molecule has 2 atom stereocenters. The van der Waals surface area contributed by atoms with Crippen molar-refractivity contribution >= 4 is 0 Å². The van der Waals surface area contributed by atoms with E-state index < -0.39 is 0 Å². The van der Waals surface area contributed by atoms with E-state index in [1.807, 2.05) is 13.8 Å². The molecule has 1 aliphatic carbocycles. The molecule has 0 heteroatoms. The van der Waals surface area contributed by atoms with E-state index in [9.17, 15) is 0 Å². The Morgan fingerprint density at radius 3 is 1.94 bits per heavy atom. The molecular formula is C16H30. The summed E-state index contributed by atoms with van der Waals surface area (Å²) >= 11 is 0. The maximum absolute atomic E-state index is 2.45. The van der Waals surface area contributed by atoms with Crippen molar-refractivity contribution in [2.45, 2.75) is 55.4 Å². The Balaban J connectivity index is 0.00000106. The molecule has 0 fully saturated rings. The number of rotatable bonds is 2. The van der Waals surface area contributed by atoms with Gasteiger partial charge in [0.25, 0.3) is 0 Å². The highest BCUT2D eigenvalue weighted by Crippen LogP contribution is 2.38. The van der Waals surface area contributed by atoms with E-state index in [0.717, 1.165) is 0 Å². The molecule has 2 unspecified atom stereocenters. The summed E-state index contributed by atoms with van der Waals surface area (Å²) in [6.45, 7) is 17.9. The molecule has 0 aromatic carbocycles. The van der Waals surface area contributed by atoms with E-state index in [-0.39, 0.29) is 0 Å². The van der Waals surface area contributed by atoms with Gasteiger partial charge in [-0.15, -0.1) is 0 Å². The van der Waals surface area contributed by atoms with E-state index in [0.29, 0.717) is 23.2 Å². The van der Waals surface area contributed by atoms with Crippen LogP contribution in [-0.4, -0.2) is 0 Å². The highest BCUT2D eigenvalue weighted by atomic mass is 14.3. The maximum atomic E-state index is 2.45. The lowest BCUT2D eigenvalue weighted by atomic mass is 9.71. The summed E-state index contributed by atoms with van der Waals surface area (Å²) in [5.74, 6) is 2.08. The van der Waals surface area contributed by atoms with Crippen LogP contribution in [0.15, 0.2) is 23.8 Å². The summed E-state index contributed by atoms with van der Waals surface area (Å²) in [5, 5.41) is 0. The molecule has 1 rings (SSSR count). The van der Waals surface area contributed by atoms with Crippen LogP contribution in [0.4, 0.5) is 0 Å². The van der Waals surface area contributed by atoms with Gasteiger partial charge in [0.15, 0.2) is 0 Å². The van der Waals surface area contributed by atoms with Gasteiger partial charge in [0.2, 0.25) is 0 Å². The molecule has 0 N–H and O–H groups in total. The van der Waals surface area contributed by atoms with Gasteiger partial charge in [0.05, 0.1) is 0 Å². The fourth-order valence-corrected chi connectivity index (χ4v) is 1.68. The smallest absolute Gasteiger partial charge is 0.00837 e. The Hall–Kier alpha value is -0.520. The van der Waals surface area contributed by atoms with Crippen LogP contribution in [0.3, 0.4) is 0 Å². The zero-order chi connectivity index (χ0) is 12.9. The second kappa shape index (κ2) is 6.27. The van der Waals surface area contributed by atoms with Gasteiger partial charge in [-0.1, -0.05) is 73.6 Å². The van der Waals surface area contributed by atoms with Crippen molar-refractivity contribution in [3.8, 4) is 0 Å². The summed E-state index contributed by atoms with van der Waals surface area (Å²) in [7, 11) is 0. The summed E-state index contributed by atoms with van der Waals surface area (Å²) in [6, 6.07) is 0. The molecule has 0 aliphatic heterocycles. The lowest BCUT2D eigenvalue weighted by molar-refractivity contribution is 0.311. The van der Waals surface area contributed by atoms with Crippen LogP contribution in [0.2, 0.25) is 0 Å². The molecule has 0 bridgehead atoms. The molecule has 0 aromatic heterocycles. The first-order valence-corrected chi connectivity index (χ1v) is 6.76. The van der Waals surface area contributed by atoms with Crippen molar-refractivity contribution in [2.75, 3.05) is 0 Å². The fourth-order valence-electron chi connectivity index (χ4n) is 1.68. The average molecular weight is 222 g/mol. The monoisotopic (exact) mass is 222 g/mol. The lowest BCUT2D eigenvalue weighted by Crippen LogP contribution is -2.23. The lowest BCUT2D eigenvalue weighted by Gasteiger charge is -2.34. The topological polar surface area (TPSA) is 0 Å². The molecular weight excluding hydrogens is 192 g/mol. The van der Waals surface area contributed by atoms with Gasteiger partial charge in [-0.3, -0.25) is 0 Å². The van der Waals surface area contributed by atoms with E-state index >= 15 is 0 Å². The van der Waals surface area contributed by atoms with Gasteiger partial charge in [-0.05, 0) is 28.7 Å². The van der Waals surface area contributed by atoms with E-state index in [1.54, 1.807) is 0 Å². The van der Waals surface area contributed by atoms with Gasteiger partial charge in [0.1, 0.15) is 0 Å². The second-order valence-electron chi connectivity index (χ2n) is 5.58. The summed E-state index contributed by atoms with van der Waals surface area (Å²) in [5.41, 5.74) is 1.82. The van der Waals surface area contributed by atoms with Gasteiger partial charge in [-0.25, -0.2) is 0 Å². The van der Waals surface area contributed by atoms with Gasteiger partial charge >= 0.3 is 0 Å². The third-order valence-electron chi connectivity index (χ3n) is 4.04. The zero-order valence-electron chi connectivity index (χ0n) is 12.5. The Labute approximate surface area is 103 Å². The van der Waals surface area contributed by atoms with Crippen molar-refractivity contribution in [1.29, 1.82) is 0 Å². The highest BCUT2D eigenvalue weighted by Gasteiger charge is 2.27. The number of hydrogen-bond acceptors (Lipinski definition) is 0.